The lowest BCUT2D eigenvalue weighted by atomic mass is 10.2. The van der Waals surface area contributed by atoms with Gasteiger partial charge in [-0.2, -0.15) is 5.10 Å². The molecule has 0 bridgehead atoms. The van der Waals surface area contributed by atoms with E-state index in [9.17, 15) is 4.79 Å². The van der Waals surface area contributed by atoms with Crippen LogP contribution >= 0.6 is 0 Å². The van der Waals surface area contributed by atoms with Crippen LogP contribution in [0.5, 0.6) is 17.4 Å². The summed E-state index contributed by atoms with van der Waals surface area (Å²) in [6, 6.07) is 18.1. The fraction of sp³-hybridized carbons (Fsp3) is 0.200. The first-order valence-electron chi connectivity index (χ1n) is 10.5. The number of aromatic nitrogens is 4. The van der Waals surface area contributed by atoms with Crippen LogP contribution in [0, 0.1) is 27.7 Å². The van der Waals surface area contributed by atoms with Crippen molar-refractivity contribution in [1.82, 2.24) is 20.0 Å². The van der Waals surface area contributed by atoms with Crippen LogP contribution in [-0.2, 0) is 4.79 Å². The summed E-state index contributed by atoms with van der Waals surface area (Å²) in [4.78, 5) is 12.1. The summed E-state index contributed by atoms with van der Waals surface area (Å²) in [6.45, 7) is 7.89. The Labute approximate surface area is 192 Å². The van der Waals surface area contributed by atoms with E-state index in [2.05, 4.69) is 20.6 Å². The smallest absolute Gasteiger partial charge is 0.262 e. The number of amides is 1. The number of carbonyl (C=O) groups is 1. The van der Waals surface area contributed by atoms with E-state index in [1.54, 1.807) is 35.0 Å². The zero-order chi connectivity index (χ0) is 23.4. The lowest BCUT2D eigenvalue weighted by Gasteiger charge is -2.09. The van der Waals surface area contributed by atoms with Crippen molar-refractivity contribution in [3.8, 4) is 23.2 Å². The largest absolute Gasteiger partial charge is 0.484 e. The van der Waals surface area contributed by atoms with Gasteiger partial charge in [-0.25, -0.2) is 4.68 Å². The van der Waals surface area contributed by atoms with Gasteiger partial charge in [0.2, 0.25) is 5.88 Å². The molecule has 8 heteroatoms. The fourth-order valence-electron chi connectivity index (χ4n) is 3.20. The van der Waals surface area contributed by atoms with Crippen molar-refractivity contribution < 1.29 is 14.3 Å². The van der Waals surface area contributed by atoms with Crippen LogP contribution in [0.1, 0.15) is 22.5 Å². The van der Waals surface area contributed by atoms with Crippen LogP contribution in [0.2, 0.25) is 0 Å². The maximum Gasteiger partial charge on any atom is 0.262 e. The van der Waals surface area contributed by atoms with Gasteiger partial charge in [-0.1, -0.05) is 12.1 Å². The van der Waals surface area contributed by atoms with Gasteiger partial charge in [-0.3, -0.25) is 4.79 Å². The minimum atomic E-state index is -0.244. The summed E-state index contributed by atoms with van der Waals surface area (Å²) in [7, 11) is 0. The van der Waals surface area contributed by atoms with Gasteiger partial charge < -0.3 is 14.8 Å². The number of hydrogen-bond donors (Lipinski definition) is 1. The molecule has 0 radical (unpaired) electrons. The Morgan fingerprint density at radius 3 is 2.36 bits per heavy atom. The summed E-state index contributed by atoms with van der Waals surface area (Å²) in [5, 5.41) is 15.7. The molecule has 0 aliphatic heterocycles. The number of nitrogens with zero attached hydrogens (tertiary/aromatic N) is 4. The highest BCUT2D eigenvalue weighted by molar-refractivity contribution is 5.91. The molecule has 1 amide bonds. The first-order chi connectivity index (χ1) is 15.9. The quantitative estimate of drug-likeness (QED) is 0.445. The predicted molar refractivity (Wildman–Crippen MR) is 125 cm³/mol. The lowest BCUT2D eigenvalue weighted by molar-refractivity contribution is -0.118. The zero-order valence-electron chi connectivity index (χ0n) is 19.0. The summed E-state index contributed by atoms with van der Waals surface area (Å²) in [5.74, 6) is 1.98. The Morgan fingerprint density at radius 2 is 1.73 bits per heavy atom. The fourth-order valence-corrected chi connectivity index (χ4v) is 3.20. The third-order valence-corrected chi connectivity index (χ3v) is 5.22. The van der Waals surface area contributed by atoms with Crippen molar-refractivity contribution in [2.24, 2.45) is 0 Å². The van der Waals surface area contributed by atoms with Gasteiger partial charge in [0.15, 0.2) is 12.4 Å². The third-order valence-electron chi connectivity index (χ3n) is 5.22. The minimum Gasteiger partial charge on any atom is -0.484 e. The molecule has 33 heavy (non-hydrogen) atoms. The summed E-state index contributed by atoms with van der Waals surface area (Å²) in [5.41, 5.74) is 4.83. The third kappa shape index (κ3) is 5.35. The highest BCUT2D eigenvalue weighted by Crippen LogP contribution is 2.22. The summed E-state index contributed by atoms with van der Waals surface area (Å²) in [6.07, 6.45) is 0. The molecule has 0 aliphatic rings. The number of hydrogen-bond acceptors (Lipinski definition) is 6. The number of nitrogens with one attached hydrogen (secondary N) is 1. The van der Waals surface area contributed by atoms with Crippen LogP contribution in [0.4, 0.5) is 5.69 Å². The number of anilines is 1. The van der Waals surface area contributed by atoms with Crippen molar-refractivity contribution >= 4 is 11.6 Å². The Balaban J connectivity index is 1.32. The van der Waals surface area contributed by atoms with Gasteiger partial charge in [0.25, 0.3) is 5.91 Å². The van der Waals surface area contributed by atoms with Gasteiger partial charge in [0.05, 0.1) is 5.69 Å². The minimum absolute atomic E-state index is 0.0710. The van der Waals surface area contributed by atoms with E-state index in [0.717, 1.165) is 22.5 Å². The average Bonchev–Trinajstić information content (AvgIpc) is 3.07. The molecule has 0 fully saturated rings. The van der Waals surface area contributed by atoms with Gasteiger partial charge in [-0.05, 0) is 81.3 Å². The van der Waals surface area contributed by atoms with E-state index in [1.165, 1.54) is 0 Å². The molecule has 4 rings (SSSR count). The standard InChI is InChI=1S/C25H25N5O3/c1-16-6-5-7-22(14-16)32-15-24(31)26-20-8-10-21(11-9-20)33-25-13-12-23(27-28-25)30-19(4)17(2)18(3)29-30/h5-14H,15H2,1-4H3,(H,26,31). The lowest BCUT2D eigenvalue weighted by Crippen LogP contribution is -2.20. The maximum absolute atomic E-state index is 12.1. The van der Waals surface area contributed by atoms with Gasteiger partial charge in [-0.15, -0.1) is 10.2 Å². The molecule has 0 saturated carbocycles. The topological polar surface area (TPSA) is 91.2 Å². The number of carbonyl (C=O) groups excluding carboxylic acids is 1. The van der Waals surface area contributed by atoms with E-state index < -0.39 is 0 Å². The molecule has 4 aromatic rings. The zero-order valence-corrected chi connectivity index (χ0v) is 19.0. The molecule has 1 N–H and O–H groups in total. The van der Waals surface area contributed by atoms with Crippen molar-refractivity contribution in [2.45, 2.75) is 27.7 Å². The highest BCUT2D eigenvalue weighted by atomic mass is 16.5. The van der Waals surface area contributed by atoms with E-state index >= 15 is 0 Å². The second kappa shape index (κ2) is 9.52. The van der Waals surface area contributed by atoms with Gasteiger partial charge in [0.1, 0.15) is 11.5 Å². The van der Waals surface area contributed by atoms with Crippen LogP contribution in [0.15, 0.2) is 60.7 Å². The monoisotopic (exact) mass is 443 g/mol. The van der Waals surface area contributed by atoms with Gasteiger partial charge >= 0.3 is 0 Å². The average molecular weight is 444 g/mol. The van der Waals surface area contributed by atoms with Gasteiger partial charge in [0, 0.05) is 17.4 Å². The molecule has 0 spiro atoms. The first kappa shape index (κ1) is 22.0. The van der Waals surface area contributed by atoms with Crippen molar-refractivity contribution in [3.63, 3.8) is 0 Å². The molecule has 2 aromatic carbocycles. The molecule has 0 atom stereocenters. The molecule has 0 saturated heterocycles. The van der Waals surface area contributed by atoms with Crippen molar-refractivity contribution in [1.29, 1.82) is 0 Å². The number of benzene rings is 2. The Hall–Kier alpha value is -4.20. The highest BCUT2D eigenvalue weighted by Gasteiger charge is 2.11. The molecular formula is C25H25N5O3. The molecule has 2 aromatic heterocycles. The van der Waals surface area contributed by atoms with E-state index in [-0.39, 0.29) is 12.5 Å². The van der Waals surface area contributed by atoms with Crippen LogP contribution in [0.25, 0.3) is 5.82 Å². The summed E-state index contributed by atoms with van der Waals surface area (Å²) >= 11 is 0. The molecule has 0 unspecified atom stereocenters. The molecule has 0 aliphatic carbocycles. The molecule has 8 nitrogen and oxygen atoms in total. The number of ether oxygens (including phenoxy) is 2. The van der Waals surface area contributed by atoms with Crippen LogP contribution < -0.4 is 14.8 Å². The normalized spacial score (nSPS) is 10.7. The van der Waals surface area contributed by atoms with E-state index in [1.807, 2.05) is 58.0 Å². The summed E-state index contributed by atoms with van der Waals surface area (Å²) < 4.78 is 13.1. The Kier molecular flexibility index (Phi) is 6.35. The van der Waals surface area contributed by atoms with Crippen molar-refractivity contribution in [3.05, 3.63) is 83.2 Å². The van der Waals surface area contributed by atoms with Crippen LogP contribution in [-0.4, -0.2) is 32.5 Å². The second-order valence-electron chi connectivity index (χ2n) is 7.72. The molecule has 2 heterocycles. The molecular weight excluding hydrogens is 418 g/mol. The van der Waals surface area contributed by atoms with E-state index in [4.69, 9.17) is 9.47 Å². The predicted octanol–water partition coefficient (Wildman–Crippen LogP) is 4.71. The van der Waals surface area contributed by atoms with Crippen LogP contribution in [0.3, 0.4) is 0 Å². The van der Waals surface area contributed by atoms with E-state index in [0.29, 0.717) is 28.9 Å². The second-order valence-corrected chi connectivity index (χ2v) is 7.72. The Morgan fingerprint density at radius 1 is 0.939 bits per heavy atom. The maximum atomic E-state index is 12.1. The SMILES string of the molecule is Cc1cccc(OCC(=O)Nc2ccc(Oc3ccc(-n4nc(C)c(C)c4C)nn3)cc2)c1. The Bertz CT molecular complexity index is 1260. The van der Waals surface area contributed by atoms with Crippen molar-refractivity contribution in [2.75, 3.05) is 11.9 Å². The first-order valence-corrected chi connectivity index (χ1v) is 10.5. The number of rotatable bonds is 7. The molecule has 168 valence electrons. The number of aryl methyl sites for hydroxylation is 2.